The van der Waals surface area contributed by atoms with Gasteiger partial charge >= 0.3 is 0 Å². The number of aromatic nitrogens is 1. The second-order valence-corrected chi connectivity index (χ2v) is 6.18. The monoisotopic (exact) mass is 383 g/mol. The average molecular weight is 384 g/mol. The maximum atomic E-state index is 13.2. The quantitative estimate of drug-likeness (QED) is 0.603. The van der Waals surface area contributed by atoms with Crippen LogP contribution in [0.15, 0.2) is 60.8 Å². The van der Waals surface area contributed by atoms with Gasteiger partial charge in [-0.1, -0.05) is 23.7 Å². The first-order valence-corrected chi connectivity index (χ1v) is 8.40. The van der Waals surface area contributed by atoms with E-state index < -0.39 is 11.7 Å². The molecule has 3 rings (SSSR count). The predicted molar refractivity (Wildman–Crippen MR) is 103 cm³/mol. The number of hydrogen-bond acceptors (Lipinski definition) is 4. The van der Waals surface area contributed by atoms with Crippen LogP contribution in [0.5, 0.6) is 0 Å². The minimum atomic E-state index is -0.555. The molecule has 0 fully saturated rings. The predicted octanol–water partition coefficient (Wildman–Crippen LogP) is 5.07. The molecule has 0 aliphatic carbocycles. The summed E-state index contributed by atoms with van der Waals surface area (Å²) in [5, 5.41) is 5.63. The van der Waals surface area contributed by atoms with Gasteiger partial charge in [0.1, 0.15) is 11.6 Å². The van der Waals surface area contributed by atoms with Crippen LogP contribution >= 0.6 is 11.6 Å². The number of hydrogen-bond donors (Lipinski definition) is 2. The third-order valence-electron chi connectivity index (χ3n) is 3.74. The summed E-state index contributed by atoms with van der Waals surface area (Å²) in [6.45, 7) is 1.50. The maximum Gasteiger partial charge on any atom is 0.257 e. The Balaban J connectivity index is 1.69. The number of pyridine rings is 1. The largest absolute Gasteiger partial charge is 0.340 e. The van der Waals surface area contributed by atoms with Gasteiger partial charge in [-0.05, 0) is 49.4 Å². The molecular weight excluding hydrogens is 369 g/mol. The van der Waals surface area contributed by atoms with Crippen LogP contribution < -0.4 is 10.6 Å². The van der Waals surface area contributed by atoms with Gasteiger partial charge < -0.3 is 10.6 Å². The van der Waals surface area contributed by atoms with Crippen molar-refractivity contribution in [2.75, 3.05) is 10.6 Å². The zero-order chi connectivity index (χ0) is 19.4. The Kier molecular flexibility index (Phi) is 5.47. The fourth-order valence-electron chi connectivity index (χ4n) is 2.34. The van der Waals surface area contributed by atoms with Gasteiger partial charge in [-0.25, -0.2) is 9.37 Å². The number of ketones is 1. The molecule has 0 saturated heterocycles. The first kappa shape index (κ1) is 18.5. The van der Waals surface area contributed by atoms with Crippen molar-refractivity contribution in [3.63, 3.8) is 0 Å². The van der Waals surface area contributed by atoms with Gasteiger partial charge in [0.2, 0.25) is 0 Å². The van der Waals surface area contributed by atoms with Gasteiger partial charge in [-0.3, -0.25) is 9.59 Å². The van der Waals surface area contributed by atoms with Crippen molar-refractivity contribution >= 4 is 40.5 Å². The van der Waals surface area contributed by atoms with Gasteiger partial charge in [-0.15, -0.1) is 0 Å². The Morgan fingerprint density at radius 1 is 1.00 bits per heavy atom. The lowest BCUT2D eigenvalue weighted by atomic mass is 10.1. The number of anilines is 3. The lowest BCUT2D eigenvalue weighted by Gasteiger charge is -2.08. The number of nitrogens with one attached hydrogen (secondary N) is 2. The first-order chi connectivity index (χ1) is 12.9. The fraction of sp³-hybridized carbons (Fsp3) is 0.0500. The van der Waals surface area contributed by atoms with Gasteiger partial charge in [0, 0.05) is 23.1 Å². The second-order valence-electron chi connectivity index (χ2n) is 5.78. The molecule has 2 aromatic carbocycles. The third-order valence-corrected chi connectivity index (χ3v) is 4.03. The molecule has 7 heteroatoms. The highest BCUT2D eigenvalue weighted by Crippen LogP contribution is 2.20. The van der Waals surface area contributed by atoms with E-state index in [0.29, 0.717) is 28.3 Å². The number of benzene rings is 2. The van der Waals surface area contributed by atoms with Crippen LogP contribution in [0.4, 0.5) is 21.6 Å². The molecule has 5 nitrogen and oxygen atoms in total. The van der Waals surface area contributed by atoms with Crippen LogP contribution in [0, 0.1) is 5.82 Å². The molecule has 2 N–H and O–H groups in total. The molecule has 1 amide bonds. The highest BCUT2D eigenvalue weighted by atomic mass is 35.5. The third kappa shape index (κ3) is 4.68. The maximum absolute atomic E-state index is 13.2. The molecule has 0 unspecified atom stereocenters. The summed E-state index contributed by atoms with van der Waals surface area (Å²) in [5.41, 5.74) is 2.02. The van der Waals surface area contributed by atoms with Gasteiger partial charge in [0.05, 0.1) is 10.6 Å². The van der Waals surface area contributed by atoms with Gasteiger partial charge in [0.15, 0.2) is 5.78 Å². The lowest BCUT2D eigenvalue weighted by Crippen LogP contribution is -2.12. The van der Waals surface area contributed by atoms with Crippen molar-refractivity contribution in [1.82, 2.24) is 4.98 Å². The molecule has 0 spiro atoms. The zero-order valence-corrected chi connectivity index (χ0v) is 15.0. The van der Waals surface area contributed by atoms with E-state index in [9.17, 15) is 14.0 Å². The van der Waals surface area contributed by atoms with E-state index in [1.165, 1.54) is 31.3 Å². The normalized spacial score (nSPS) is 10.3. The van der Waals surface area contributed by atoms with E-state index in [1.807, 2.05) is 6.07 Å². The van der Waals surface area contributed by atoms with E-state index in [4.69, 9.17) is 11.6 Å². The summed E-state index contributed by atoms with van der Waals surface area (Å²) >= 11 is 5.70. The fourth-order valence-corrected chi connectivity index (χ4v) is 2.52. The number of Topliss-reactive ketones (excluding diaryl/α,β-unsaturated/α-hetero) is 1. The molecule has 0 bridgehead atoms. The Bertz CT molecular complexity index is 1010. The molecule has 136 valence electrons. The van der Waals surface area contributed by atoms with E-state index in [0.717, 1.165) is 0 Å². The van der Waals surface area contributed by atoms with Crippen molar-refractivity contribution in [2.24, 2.45) is 0 Å². The van der Waals surface area contributed by atoms with Gasteiger partial charge in [-0.2, -0.15) is 0 Å². The van der Waals surface area contributed by atoms with Crippen LogP contribution in [0.2, 0.25) is 5.02 Å². The van der Waals surface area contributed by atoms with Gasteiger partial charge in [0.25, 0.3) is 5.91 Å². The average Bonchev–Trinajstić information content (AvgIpc) is 2.65. The first-order valence-electron chi connectivity index (χ1n) is 8.03. The molecule has 27 heavy (non-hydrogen) atoms. The van der Waals surface area contributed by atoms with Crippen molar-refractivity contribution in [3.05, 3.63) is 82.8 Å². The molecular formula is C20H15ClFN3O2. The van der Waals surface area contributed by atoms with Crippen LogP contribution in [-0.4, -0.2) is 16.7 Å². The molecule has 3 aromatic rings. The van der Waals surface area contributed by atoms with Crippen molar-refractivity contribution in [2.45, 2.75) is 6.92 Å². The summed E-state index contributed by atoms with van der Waals surface area (Å²) < 4.78 is 13.2. The number of amides is 1. The van der Waals surface area contributed by atoms with E-state index in [2.05, 4.69) is 15.6 Å². The number of carbonyl (C=O) groups is 2. The topological polar surface area (TPSA) is 71.1 Å². The summed E-state index contributed by atoms with van der Waals surface area (Å²) in [7, 11) is 0. The number of rotatable bonds is 5. The molecule has 1 aromatic heterocycles. The van der Waals surface area contributed by atoms with Crippen molar-refractivity contribution < 1.29 is 14.0 Å². The highest BCUT2D eigenvalue weighted by molar-refractivity contribution is 6.31. The highest BCUT2D eigenvalue weighted by Gasteiger charge is 2.09. The molecule has 0 atom stereocenters. The summed E-state index contributed by atoms with van der Waals surface area (Å²) in [5.74, 6) is -0.451. The SMILES string of the molecule is CC(=O)c1cccc(Nc2ccc(C(=O)Nc3ccc(F)c(Cl)c3)cn2)c1. The smallest absolute Gasteiger partial charge is 0.257 e. The second kappa shape index (κ2) is 7.97. The molecule has 0 saturated carbocycles. The van der Waals surface area contributed by atoms with Crippen LogP contribution in [0.25, 0.3) is 0 Å². The molecule has 1 heterocycles. The minimum Gasteiger partial charge on any atom is -0.340 e. The number of halogens is 2. The lowest BCUT2D eigenvalue weighted by molar-refractivity contribution is 0.101. The summed E-state index contributed by atoms with van der Waals surface area (Å²) in [6, 6.07) is 14.2. The van der Waals surface area contributed by atoms with Crippen molar-refractivity contribution in [1.29, 1.82) is 0 Å². The van der Waals surface area contributed by atoms with E-state index >= 15 is 0 Å². The van der Waals surface area contributed by atoms with Crippen LogP contribution in [-0.2, 0) is 0 Å². The summed E-state index contributed by atoms with van der Waals surface area (Å²) in [6.07, 6.45) is 1.41. The van der Waals surface area contributed by atoms with E-state index in [1.54, 1.807) is 30.3 Å². The molecule has 0 aliphatic rings. The minimum absolute atomic E-state index is 0.0282. The van der Waals surface area contributed by atoms with Crippen LogP contribution in [0.3, 0.4) is 0 Å². The molecule has 0 aliphatic heterocycles. The Morgan fingerprint density at radius 2 is 1.81 bits per heavy atom. The van der Waals surface area contributed by atoms with Crippen molar-refractivity contribution in [3.8, 4) is 0 Å². The Morgan fingerprint density at radius 3 is 2.48 bits per heavy atom. The Labute approximate surface area is 160 Å². The zero-order valence-electron chi connectivity index (χ0n) is 14.3. The Hall–Kier alpha value is -3.25. The summed E-state index contributed by atoms with van der Waals surface area (Å²) in [4.78, 5) is 27.9. The number of nitrogens with zero attached hydrogens (tertiary/aromatic N) is 1. The molecule has 0 radical (unpaired) electrons. The number of carbonyl (C=O) groups excluding carboxylic acids is 2. The standard InChI is InChI=1S/C20H15ClFN3O2/c1-12(26)13-3-2-4-15(9-13)24-19-8-5-14(11-23-19)20(27)25-16-6-7-18(22)17(21)10-16/h2-11H,1H3,(H,23,24)(H,25,27). The van der Waals surface area contributed by atoms with E-state index in [-0.39, 0.29) is 10.8 Å². The van der Waals surface area contributed by atoms with Crippen LogP contribution in [0.1, 0.15) is 27.6 Å².